The normalized spacial score (nSPS) is 14.0. The van der Waals surface area contributed by atoms with E-state index in [0.717, 1.165) is 16.9 Å². The summed E-state index contributed by atoms with van der Waals surface area (Å²) in [7, 11) is 3.88. The Labute approximate surface area is 256 Å². The fourth-order valence-corrected chi connectivity index (χ4v) is 3.65. The minimum atomic E-state index is -5.08. The predicted molar refractivity (Wildman–Crippen MR) is 148 cm³/mol. The van der Waals surface area contributed by atoms with E-state index in [0.29, 0.717) is 42.1 Å². The number of ether oxygens (including phenoxy) is 2. The molecule has 0 bridgehead atoms. The minimum absolute atomic E-state index is 0.231. The number of hydrogen-bond donors (Lipinski definition) is 4. The number of carboxylic acids is 2. The molecule has 4 rings (SSSR count). The zero-order valence-electron chi connectivity index (χ0n) is 24.4. The van der Waals surface area contributed by atoms with Crippen molar-refractivity contribution in [3.63, 3.8) is 0 Å². The number of aryl methyl sites for hydroxylation is 1. The van der Waals surface area contributed by atoms with Crippen molar-refractivity contribution in [3.05, 3.63) is 59.7 Å². The third kappa shape index (κ3) is 11.6. The molecule has 0 aliphatic carbocycles. The van der Waals surface area contributed by atoms with Crippen molar-refractivity contribution in [3.8, 4) is 22.6 Å². The molecule has 1 aliphatic heterocycles. The highest BCUT2D eigenvalue weighted by molar-refractivity contribution is 5.95. The topological polar surface area (TPSA) is 154 Å². The first-order valence-corrected chi connectivity index (χ1v) is 13.0. The number of amides is 1. The molecule has 2 aromatic carbocycles. The number of aromatic nitrogens is 2. The third-order valence-corrected chi connectivity index (χ3v) is 5.91. The largest absolute Gasteiger partial charge is 0.492 e. The van der Waals surface area contributed by atoms with Gasteiger partial charge in [-0.3, -0.25) is 9.89 Å². The van der Waals surface area contributed by atoms with E-state index in [2.05, 4.69) is 15.5 Å². The molecule has 3 aromatic rings. The molecular weight excluding hydrogens is 637 g/mol. The molecule has 1 unspecified atom stereocenters. The molecule has 0 spiro atoms. The number of likely N-dealkylation sites (N-methyl/N-ethyl adjacent to an activating group) is 1. The second-order valence-electron chi connectivity index (χ2n) is 9.89. The average molecular weight is 667 g/mol. The van der Waals surface area contributed by atoms with Crippen LogP contribution >= 0.6 is 0 Å². The molecule has 1 aliphatic rings. The lowest BCUT2D eigenvalue weighted by atomic mass is 9.94. The molecule has 0 fully saturated rings. The van der Waals surface area contributed by atoms with Crippen LogP contribution in [0.3, 0.4) is 0 Å². The Kier molecular flexibility index (Phi) is 12.9. The van der Waals surface area contributed by atoms with Crippen LogP contribution in [-0.4, -0.2) is 89.4 Å². The first-order valence-electron chi connectivity index (χ1n) is 13.0. The van der Waals surface area contributed by atoms with Crippen LogP contribution in [0.4, 0.5) is 36.4 Å². The first-order chi connectivity index (χ1) is 21.3. The summed E-state index contributed by atoms with van der Waals surface area (Å²) in [5.41, 5.74) is 3.36. The average Bonchev–Trinajstić information content (AvgIpc) is 3.48. The van der Waals surface area contributed by atoms with Gasteiger partial charge in [-0.05, 0) is 45.1 Å². The van der Waals surface area contributed by atoms with E-state index >= 15 is 0 Å². The van der Waals surface area contributed by atoms with Crippen LogP contribution in [0, 0.1) is 18.7 Å². The summed E-state index contributed by atoms with van der Waals surface area (Å²) < 4.78 is 90.1. The highest BCUT2D eigenvalue weighted by Crippen LogP contribution is 2.35. The van der Waals surface area contributed by atoms with Gasteiger partial charge in [0.25, 0.3) is 0 Å². The van der Waals surface area contributed by atoms with E-state index in [-0.39, 0.29) is 18.4 Å². The van der Waals surface area contributed by atoms with E-state index in [1.807, 2.05) is 44.1 Å². The van der Waals surface area contributed by atoms with Gasteiger partial charge < -0.3 is 29.9 Å². The Morgan fingerprint density at radius 1 is 1.07 bits per heavy atom. The zero-order chi connectivity index (χ0) is 34.8. The monoisotopic (exact) mass is 666 g/mol. The summed E-state index contributed by atoms with van der Waals surface area (Å²) in [4.78, 5) is 32.8. The first kappa shape index (κ1) is 37.3. The van der Waals surface area contributed by atoms with Crippen LogP contribution in [-0.2, 0) is 20.8 Å². The van der Waals surface area contributed by atoms with Gasteiger partial charge in [0, 0.05) is 29.9 Å². The molecule has 0 saturated heterocycles. The standard InChI is InChI=1S/C24H27FN4O3.2C2HF3O2/c1-15-4-5-22-16(8-15)9-17(14-32-22)24(30)28-21-11-20(25)19(18-12-26-27-13-18)10-23(21)31-7-6-29(2)3;2*3-2(4,5)1(6)7/h4-5,8,10-13,17H,6-7,9,14H2,1-3H3,(H,26,27)(H,28,30);2*(H,6,7). The van der Waals surface area contributed by atoms with Crippen molar-refractivity contribution in [1.82, 2.24) is 15.1 Å². The number of nitrogens with one attached hydrogen (secondary N) is 2. The molecule has 1 amide bonds. The SMILES string of the molecule is Cc1ccc2c(c1)CC(C(=O)Nc1cc(F)c(-c3cn[nH]c3)cc1OCCN(C)C)CO2.O=C(O)C(F)(F)F.O=C(O)C(F)(F)F. The summed E-state index contributed by atoms with van der Waals surface area (Å²) in [5, 5.41) is 23.7. The van der Waals surface area contributed by atoms with Crippen LogP contribution in [0.15, 0.2) is 42.7 Å². The molecule has 2 heterocycles. The van der Waals surface area contributed by atoms with Crippen molar-refractivity contribution in [1.29, 1.82) is 0 Å². The minimum Gasteiger partial charge on any atom is -0.492 e. The fourth-order valence-electron chi connectivity index (χ4n) is 3.65. The molecule has 1 aromatic heterocycles. The van der Waals surface area contributed by atoms with E-state index in [1.165, 1.54) is 6.07 Å². The summed E-state index contributed by atoms with van der Waals surface area (Å²) in [6.45, 7) is 3.35. The van der Waals surface area contributed by atoms with Gasteiger partial charge >= 0.3 is 24.3 Å². The molecule has 46 heavy (non-hydrogen) atoms. The number of anilines is 1. The molecule has 0 radical (unpaired) electrons. The zero-order valence-corrected chi connectivity index (χ0v) is 24.4. The molecule has 252 valence electrons. The lowest BCUT2D eigenvalue weighted by Gasteiger charge is -2.25. The molecule has 18 heteroatoms. The van der Waals surface area contributed by atoms with Crippen molar-refractivity contribution < 1.29 is 64.8 Å². The van der Waals surface area contributed by atoms with E-state index < -0.39 is 30.1 Å². The van der Waals surface area contributed by atoms with Gasteiger partial charge in [-0.1, -0.05) is 17.7 Å². The number of benzene rings is 2. The molecule has 0 saturated carbocycles. The fraction of sp³-hybridized carbons (Fsp3) is 0.357. The number of alkyl halides is 6. The number of hydrogen-bond acceptors (Lipinski definition) is 7. The Balaban J connectivity index is 0.000000440. The second kappa shape index (κ2) is 15.9. The number of rotatable bonds is 7. The number of fused-ring (bicyclic) bond motifs is 1. The summed E-state index contributed by atoms with van der Waals surface area (Å²) in [6.07, 6.45) is -6.45. The highest BCUT2D eigenvalue weighted by atomic mass is 19.4. The van der Waals surface area contributed by atoms with Gasteiger partial charge in [-0.25, -0.2) is 14.0 Å². The van der Waals surface area contributed by atoms with Crippen molar-refractivity contribution in [2.45, 2.75) is 25.7 Å². The van der Waals surface area contributed by atoms with Crippen LogP contribution in [0.2, 0.25) is 0 Å². The van der Waals surface area contributed by atoms with Crippen molar-refractivity contribution in [2.24, 2.45) is 5.92 Å². The number of carbonyl (C=O) groups is 3. The molecule has 11 nitrogen and oxygen atoms in total. The Hall–Kier alpha value is -4.87. The van der Waals surface area contributed by atoms with Crippen LogP contribution in [0.25, 0.3) is 11.1 Å². The smallest absolute Gasteiger partial charge is 0.490 e. The Morgan fingerprint density at radius 3 is 2.20 bits per heavy atom. The number of aliphatic carboxylic acids is 2. The Bertz CT molecular complexity index is 1470. The third-order valence-electron chi connectivity index (χ3n) is 5.91. The van der Waals surface area contributed by atoms with E-state index in [4.69, 9.17) is 29.3 Å². The number of halogens is 7. The molecule has 4 N–H and O–H groups in total. The lowest BCUT2D eigenvalue weighted by molar-refractivity contribution is -0.193. The number of carbonyl (C=O) groups excluding carboxylic acids is 1. The van der Waals surface area contributed by atoms with Gasteiger partial charge in [0.15, 0.2) is 0 Å². The number of carboxylic acid groups (broad SMARTS) is 2. The van der Waals surface area contributed by atoms with Gasteiger partial charge in [0.2, 0.25) is 5.91 Å². The molecule has 1 atom stereocenters. The number of aromatic amines is 1. The van der Waals surface area contributed by atoms with Gasteiger partial charge in [0.05, 0.1) is 17.8 Å². The summed E-state index contributed by atoms with van der Waals surface area (Å²) in [5.74, 6) is -5.38. The quantitative estimate of drug-likeness (QED) is 0.257. The van der Waals surface area contributed by atoms with Crippen molar-refractivity contribution >= 4 is 23.5 Å². The number of nitrogens with zero attached hydrogens (tertiary/aromatic N) is 2. The Morgan fingerprint density at radius 2 is 1.67 bits per heavy atom. The van der Waals surface area contributed by atoms with Crippen LogP contribution in [0.1, 0.15) is 11.1 Å². The molecular formula is C28H29F7N4O7. The van der Waals surface area contributed by atoms with Crippen LogP contribution in [0.5, 0.6) is 11.5 Å². The summed E-state index contributed by atoms with van der Waals surface area (Å²) in [6, 6.07) is 8.85. The maximum Gasteiger partial charge on any atom is 0.490 e. The maximum atomic E-state index is 14.9. The second-order valence-corrected chi connectivity index (χ2v) is 9.89. The van der Waals surface area contributed by atoms with Crippen LogP contribution < -0.4 is 14.8 Å². The van der Waals surface area contributed by atoms with Gasteiger partial charge in [-0.2, -0.15) is 31.4 Å². The lowest BCUT2D eigenvalue weighted by Crippen LogP contribution is -2.32. The van der Waals surface area contributed by atoms with Gasteiger partial charge in [-0.15, -0.1) is 0 Å². The highest BCUT2D eigenvalue weighted by Gasteiger charge is 2.39. The van der Waals surface area contributed by atoms with E-state index in [9.17, 15) is 35.5 Å². The van der Waals surface area contributed by atoms with Crippen molar-refractivity contribution in [2.75, 3.05) is 39.2 Å². The predicted octanol–water partition coefficient (Wildman–Crippen LogP) is 4.92. The van der Waals surface area contributed by atoms with Gasteiger partial charge in [0.1, 0.15) is 30.5 Å². The number of H-pyrrole nitrogens is 1. The van der Waals surface area contributed by atoms with E-state index in [1.54, 1.807) is 18.5 Å². The maximum absolute atomic E-state index is 14.9. The summed E-state index contributed by atoms with van der Waals surface area (Å²) >= 11 is 0.